The molecule has 0 amide bonds. The van der Waals surface area contributed by atoms with Gasteiger partial charge in [0.2, 0.25) is 0 Å². The lowest BCUT2D eigenvalue weighted by atomic mass is 9.94. The van der Waals surface area contributed by atoms with E-state index in [1.54, 1.807) is 7.11 Å². The number of anilines is 3. The zero-order valence-corrected chi connectivity index (χ0v) is 43.3. The molecule has 3 aromatic rings. The van der Waals surface area contributed by atoms with Gasteiger partial charge in [-0.15, -0.1) is 0 Å². The van der Waals surface area contributed by atoms with Crippen molar-refractivity contribution in [3.05, 3.63) is 89.5 Å². The highest BCUT2D eigenvalue weighted by molar-refractivity contribution is 5.43. The molecule has 0 saturated carbocycles. The number of nitrogens with two attached hydrogens (primary N) is 3. The van der Waals surface area contributed by atoms with Crippen LogP contribution in [0.2, 0.25) is 0 Å². The van der Waals surface area contributed by atoms with Gasteiger partial charge in [-0.3, -0.25) is 0 Å². The van der Waals surface area contributed by atoms with Crippen molar-refractivity contribution in [2.75, 3.05) is 137 Å². The molecule has 3 unspecified atom stereocenters. The van der Waals surface area contributed by atoms with E-state index in [9.17, 15) is 44.6 Å². The second kappa shape index (κ2) is 34.6. The maximum atomic E-state index is 13.5. The number of aliphatic hydroxyl groups excluding tert-OH is 2. The number of benzene rings is 3. The summed E-state index contributed by atoms with van der Waals surface area (Å²) in [7, 11) is 3.13. The summed E-state index contributed by atoms with van der Waals surface area (Å²) < 4.78 is 147. The van der Waals surface area contributed by atoms with E-state index in [0.29, 0.717) is 70.2 Å². The van der Waals surface area contributed by atoms with Crippen LogP contribution in [0, 0.1) is 0 Å². The molecule has 0 aromatic heterocycles. The van der Waals surface area contributed by atoms with Gasteiger partial charge < -0.3 is 70.7 Å². The molecule has 3 atom stereocenters. The highest BCUT2D eigenvalue weighted by atomic mass is 19.4. The van der Waals surface area contributed by atoms with Crippen molar-refractivity contribution >= 4 is 17.1 Å². The van der Waals surface area contributed by atoms with Gasteiger partial charge in [-0.1, -0.05) is 49.2 Å². The number of halogens is 9. The number of alkyl halides is 9. The molecule has 2 aliphatic heterocycles. The van der Waals surface area contributed by atoms with Crippen molar-refractivity contribution < 1.29 is 83.3 Å². The van der Waals surface area contributed by atoms with E-state index < -0.39 is 35.3 Å². The van der Waals surface area contributed by atoms with Crippen LogP contribution in [0.3, 0.4) is 0 Å². The lowest BCUT2D eigenvalue weighted by Crippen LogP contribution is -2.44. The fourth-order valence-corrected chi connectivity index (χ4v) is 6.98. The number of nitrogen functional groups attached to an aromatic ring is 3. The van der Waals surface area contributed by atoms with Crippen molar-refractivity contribution in [1.29, 1.82) is 0 Å². The fourth-order valence-electron chi connectivity index (χ4n) is 6.98. The van der Waals surface area contributed by atoms with E-state index in [1.165, 1.54) is 107 Å². The van der Waals surface area contributed by atoms with Crippen LogP contribution in [0.5, 0.6) is 0 Å². The van der Waals surface area contributed by atoms with Crippen molar-refractivity contribution in [2.24, 2.45) is 0 Å². The number of hydrogen-bond acceptors (Lipinski definition) is 14. The Morgan fingerprint density at radius 1 is 0.432 bits per heavy atom. The van der Waals surface area contributed by atoms with Gasteiger partial charge in [-0.05, 0) is 126 Å². The van der Waals surface area contributed by atoms with E-state index in [0.717, 1.165) is 58.5 Å². The number of rotatable bonds is 21. The van der Waals surface area contributed by atoms with Gasteiger partial charge in [0.1, 0.15) is 0 Å². The molecule has 2 heterocycles. The molecular formula is C51H80F9N5O9. The quantitative estimate of drug-likeness (QED) is 0.0337. The molecule has 23 heteroatoms. The van der Waals surface area contributed by atoms with E-state index in [4.69, 9.17) is 51.1 Å². The summed E-state index contributed by atoms with van der Waals surface area (Å²) >= 11 is 0. The minimum Gasteiger partial charge on any atom is -0.399 e. The van der Waals surface area contributed by atoms with Crippen LogP contribution in [0.1, 0.15) is 76.0 Å². The van der Waals surface area contributed by atoms with Crippen molar-refractivity contribution in [3.8, 4) is 0 Å². The Hall–Kier alpha value is -4.01. The molecule has 2 fully saturated rings. The van der Waals surface area contributed by atoms with E-state index >= 15 is 0 Å². The van der Waals surface area contributed by atoms with Crippen LogP contribution >= 0.6 is 0 Å². The average molecular weight is 1080 g/mol. The summed E-state index contributed by atoms with van der Waals surface area (Å²) in [5.41, 5.74) is 9.85. The molecule has 0 bridgehead atoms. The predicted molar refractivity (Wildman–Crippen MR) is 267 cm³/mol. The van der Waals surface area contributed by atoms with Gasteiger partial charge >= 0.3 is 18.5 Å². The summed E-state index contributed by atoms with van der Waals surface area (Å²) in [5.74, 6) is 0. The number of ether oxygens (including phenoxy) is 6. The molecule has 3 aromatic carbocycles. The Morgan fingerprint density at radius 3 is 1.11 bits per heavy atom. The van der Waals surface area contributed by atoms with Gasteiger partial charge in [0.05, 0.1) is 66.1 Å². The van der Waals surface area contributed by atoms with Crippen LogP contribution in [0.25, 0.3) is 0 Å². The number of β-amino-alcohol motifs (C(OH)–C–C–N with tert-alkyl or cyclic N) is 1. The first kappa shape index (κ1) is 68.0. The van der Waals surface area contributed by atoms with Crippen LogP contribution in [-0.4, -0.2) is 163 Å². The van der Waals surface area contributed by atoms with Gasteiger partial charge in [-0.25, -0.2) is 0 Å². The molecule has 0 radical (unpaired) electrons. The zero-order valence-electron chi connectivity index (χ0n) is 43.3. The number of hydrogen-bond donors (Lipinski definition) is 6. The van der Waals surface area contributed by atoms with Gasteiger partial charge in [0.15, 0.2) is 16.8 Å². The summed E-state index contributed by atoms with van der Waals surface area (Å²) in [5, 5.41) is 26.0. The molecular weight excluding hydrogens is 998 g/mol. The van der Waals surface area contributed by atoms with Crippen LogP contribution in [0.4, 0.5) is 56.6 Å². The molecule has 5 rings (SSSR count). The second-order valence-electron chi connectivity index (χ2n) is 17.7. The largest absolute Gasteiger partial charge is 0.421 e. The molecule has 0 aliphatic carbocycles. The second-order valence-corrected chi connectivity index (χ2v) is 17.7. The average Bonchev–Trinajstić information content (AvgIpc) is 3.35. The first-order valence-electron chi connectivity index (χ1n) is 24.3. The molecule has 2 aliphatic rings. The highest BCUT2D eigenvalue weighted by Gasteiger charge is 2.55. The SMILES string of the molecule is CC(O)(c1ccc(N)cc1)C(F)(F)F.CC(OCCN1CCCCC1)(c1ccc(N)cc1)C(F)(F)F.COCCOCCO.COCCOCCOC(C)(c1ccc(N)cc1)C(F)(F)F.OCCN1CCCCC1. The number of piperidine rings is 2. The topological polar surface area (TPSA) is 201 Å². The number of aliphatic hydroxyl groups is 3. The van der Waals surface area contributed by atoms with Crippen molar-refractivity contribution in [3.63, 3.8) is 0 Å². The standard InChI is InChI=1S/C16H23F3N2O.C14H20F3NO3.C9H10F3NO.C7H15NO.C5H12O3/c1-15(16(17,18)19,13-5-7-14(20)8-6-13)22-12-11-21-9-3-2-4-10-21;1-13(14(15,16)17,11-3-5-12(18)6-4-11)21-10-9-20-8-7-19-2;1-8(14,9(10,11)12)6-2-4-7(13)5-3-6;9-7-6-8-4-2-1-3-5-8;1-7-4-5-8-3-2-6/h5-8H,2-4,9-12,20H2,1H3;3-6H,7-10,18H2,1-2H3;2-5,14H,13H2,1H3;9H,1-7H2;6H,2-5H2,1H3. The smallest absolute Gasteiger partial charge is 0.399 e. The molecule has 74 heavy (non-hydrogen) atoms. The highest BCUT2D eigenvalue weighted by Crippen LogP contribution is 2.43. The van der Waals surface area contributed by atoms with Crippen LogP contribution in [-0.2, 0) is 45.2 Å². The van der Waals surface area contributed by atoms with E-state index in [2.05, 4.69) is 14.5 Å². The number of likely N-dealkylation sites (tertiary alicyclic amines) is 2. The lowest BCUT2D eigenvalue weighted by Gasteiger charge is -2.34. The lowest BCUT2D eigenvalue weighted by molar-refractivity contribution is -0.280. The summed E-state index contributed by atoms with van der Waals surface area (Å²) in [6.07, 6.45) is -6.29. The summed E-state index contributed by atoms with van der Waals surface area (Å²) in [6.45, 7) is 11.1. The van der Waals surface area contributed by atoms with Crippen LogP contribution < -0.4 is 17.2 Å². The van der Waals surface area contributed by atoms with Gasteiger partial charge in [0.25, 0.3) is 0 Å². The van der Waals surface area contributed by atoms with Crippen LogP contribution in [0.15, 0.2) is 72.8 Å². The predicted octanol–water partition coefficient (Wildman–Crippen LogP) is 8.42. The van der Waals surface area contributed by atoms with Gasteiger partial charge in [0, 0.05) is 44.4 Å². The minimum atomic E-state index is -4.69. The maximum absolute atomic E-state index is 13.5. The maximum Gasteiger partial charge on any atom is 0.421 e. The monoisotopic (exact) mass is 1080 g/mol. The van der Waals surface area contributed by atoms with Crippen molar-refractivity contribution in [2.45, 2.75) is 94.6 Å². The van der Waals surface area contributed by atoms with Gasteiger partial charge in [-0.2, -0.15) is 39.5 Å². The number of methoxy groups -OCH3 is 2. The molecule has 9 N–H and O–H groups in total. The number of nitrogens with zero attached hydrogens (tertiary/aromatic N) is 2. The third-order valence-corrected chi connectivity index (χ3v) is 11.9. The molecule has 2 saturated heterocycles. The Bertz CT molecular complexity index is 1860. The fraction of sp³-hybridized carbons (Fsp3) is 0.647. The summed E-state index contributed by atoms with van der Waals surface area (Å²) in [6, 6.07) is 16.1. The Morgan fingerprint density at radius 2 is 0.770 bits per heavy atom. The van der Waals surface area contributed by atoms with Crippen molar-refractivity contribution in [1.82, 2.24) is 9.80 Å². The first-order valence-corrected chi connectivity index (χ1v) is 24.3. The Kier molecular flexibility index (Phi) is 31.8. The van der Waals surface area contributed by atoms with E-state index in [1.807, 2.05) is 0 Å². The molecule has 426 valence electrons. The molecule has 14 nitrogen and oxygen atoms in total. The Labute approximate surface area is 430 Å². The summed E-state index contributed by atoms with van der Waals surface area (Å²) in [4.78, 5) is 4.48. The zero-order chi connectivity index (χ0) is 55.9. The minimum absolute atomic E-state index is 0.00101. The normalized spacial score (nSPS) is 17.0. The Balaban J connectivity index is 0.000000487. The third-order valence-electron chi connectivity index (χ3n) is 11.9. The third kappa shape index (κ3) is 24.8. The van der Waals surface area contributed by atoms with E-state index in [-0.39, 0.29) is 43.1 Å². The molecule has 0 spiro atoms. The first-order chi connectivity index (χ1) is 34.7.